The maximum Gasteiger partial charge on any atom is 0.246 e. The summed E-state index contributed by atoms with van der Waals surface area (Å²) in [4.78, 5) is 31.2. The third-order valence-electron chi connectivity index (χ3n) is 4.31. The van der Waals surface area contributed by atoms with Crippen molar-refractivity contribution in [2.45, 2.75) is 57.7 Å². The number of aromatic nitrogens is 1. The first-order chi connectivity index (χ1) is 9.53. The zero-order valence-corrected chi connectivity index (χ0v) is 12.6. The molecule has 1 atom stereocenters. The summed E-state index contributed by atoms with van der Waals surface area (Å²) < 4.78 is 0. The lowest BCUT2D eigenvalue weighted by Gasteiger charge is -2.45. The smallest absolute Gasteiger partial charge is 0.246 e. The molecule has 1 aliphatic carbocycles. The van der Waals surface area contributed by atoms with Crippen molar-refractivity contribution in [3.63, 3.8) is 0 Å². The van der Waals surface area contributed by atoms with Crippen molar-refractivity contribution < 1.29 is 9.59 Å². The summed E-state index contributed by atoms with van der Waals surface area (Å²) in [5, 5.41) is 5.72. The number of hydrogen-bond acceptors (Lipinski definition) is 4. The fraction of sp³-hybridized carbons (Fsp3) is 0.643. The van der Waals surface area contributed by atoms with E-state index in [1.54, 1.807) is 23.2 Å². The summed E-state index contributed by atoms with van der Waals surface area (Å²) in [6.45, 7) is 4.15. The summed E-state index contributed by atoms with van der Waals surface area (Å²) in [6.07, 6.45) is 3.54. The number of carbonyl (C=O) groups excluding carboxylic acids is 2. The predicted octanol–water partition coefficient (Wildman–Crippen LogP) is 1.61. The van der Waals surface area contributed by atoms with Gasteiger partial charge in [0.25, 0.3) is 0 Å². The molecular formula is C14H19N3O2S. The minimum Gasteiger partial charge on any atom is -0.343 e. The molecule has 3 rings (SSSR count). The van der Waals surface area contributed by atoms with Gasteiger partial charge in [-0.1, -0.05) is 12.8 Å². The molecule has 1 aliphatic heterocycles. The largest absolute Gasteiger partial charge is 0.343 e. The second kappa shape index (κ2) is 4.84. The van der Waals surface area contributed by atoms with Gasteiger partial charge in [-0.2, -0.15) is 0 Å². The van der Waals surface area contributed by atoms with Crippen LogP contribution in [0.4, 0.5) is 0 Å². The molecule has 108 valence electrons. The summed E-state index contributed by atoms with van der Waals surface area (Å²) in [5.41, 5.74) is 0.329. The lowest BCUT2D eigenvalue weighted by Crippen LogP contribution is -2.68. The molecule has 2 heterocycles. The molecule has 1 aromatic rings. The molecule has 2 fully saturated rings. The highest BCUT2D eigenvalue weighted by Crippen LogP contribution is 2.39. The number of rotatable bonds is 2. The standard InChI is InChI=1S/C14H19N3O2S/c1-9-8-20-11(15-9)7-17-12(18)10(2)16-13(19)14(17)5-3-4-6-14/h8,10H,3-7H2,1-2H3,(H,16,19). The van der Waals surface area contributed by atoms with E-state index in [1.807, 2.05) is 12.3 Å². The summed E-state index contributed by atoms with van der Waals surface area (Å²) >= 11 is 1.55. The first-order valence-corrected chi connectivity index (χ1v) is 7.94. The number of nitrogens with one attached hydrogen (secondary N) is 1. The van der Waals surface area contributed by atoms with Crippen molar-refractivity contribution in [2.24, 2.45) is 0 Å². The van der Waals surface area contributed by atoms with E-state index in [1.165, 1.54) is 0 Å². The molecule has 20 heavy (non-hydrogen) atoms. The maximum atomic E-state index is 12.5. The molecular weight excluding hydrogens is 274 g/mol. The highest BCUT2D eigenvalue weighted by Gasteiger charge is 2.52. The molecule has 0 radical (unpaired) electrons. The van der Waals surface area contributed by atoms with Crippen molar-refractivity contribution in [3.05, 3.63) is 16.1 Å². The molecule has 1 spiro atoms. The van der Waals surface area contributed by atoms with E-state index < -0.39 is 11.6 Å². The predicted molar refractivity (Wildman–Crippen MR) is 76.2 cm³/mol. The zero-order valence-electron chi connectivity index (χ0n) is 11.8. The lowest BCUT2D eigenvalue weighted by atomic mass is 9.89. The molecule has 1 saturated heterocycles. The topological polar surface area (TPSA) is 62.3 Å². The molecule has 1 N–H and O–H groups in total. The number of piperazine rings is 1. The number of hydrogen-bond donors (Lipinski definition) is 1. The van der Waals surface area contributed by atoms with Crippen LogP contribution in [0.2, 0.25) is 0 Å². The van der Waals surface area contributed by atoms with Gasteiger partial charge >= 0.3 is 0 Å². The molecule has 1 unspecified atom stereocenters. The minimum absolute atomic E-state index is 0.00961. The average Bonchev–Trinajstić information content (AvgIpc) is 3.03. The normalized spacial score (nSPS) is 25.3. The summed E-state index contributed by atoms with van der Waals surface area (Å²) in [6, 6.07) is -0.435. The van der Waals surface area contributed by atoms with Crippen LogP contribution >= 0.6 is 11.3 Å². The Morgan fingerprint density at radius 3 is 2.75 bits per heavy atom. The van der Waals surface area contributed by atoms with Gasteiger partial charge in [0.2, 0.25) is 11.8 Å². The van der Waals surface area contributed by atoms with Crippen LogP contribution in [0, 0.1) is 6.92 Å². The zero-order chi connectivity index (χ0) is 14.3. The maximum absolute atomic E-state index is 12.5. The van der Waals surface area contributed by atoms with Crippen LogP contribution in [0.15, 0.2) is 5.38 Å². The van der Waals surface area contributed by atoms with Crippen LogP contribution in [-0.4, -0.2) is 33.3 Å². The van der Waals surface area contributed by atoms with E-state index in [0.29, 0.717) is 6.54 Å². The van der Waals surface area contributed by atoms with Crippen LogP contribution < -0.4 is 5.32 Å². The van der Waals surface area contributed by atoms with E-state index in [-0.39, 0.29) is 11.8 Å². The molecule has 2 aliphatic rings. The van der Waals surface area contributed by atoms with Gasteiger partial charge in [0.1, 0.15) is 16.6 Å². The van der Waals surface area contributed by atoms with E-state index >= 15 is 0 Å². The van der Waals surface area contributed by atoms with Crippen molar-refractivity contribution in [2.75, 3.05) is 0 Å². The van der Waals surface area contributed by atoms with Crippen LogP contribution in [0.3, 0.4) is 0 Å². The molecule has 0 bridgehead atoms. The average molecular weight is 293 g/mol. The fourth-order valence-corrected chi connectivity index (χ4v) is 4.02. The molecule has 6 heteroatoms. The van der Waals surface area contributed by atoms with E-state index in [2.05, 4.69) is 10.3 Å². The second-order valence-electron chi connectivity index (χ2n) is 5.74. The fourth-order valence-electron chi connectivity index (χ4n) is 3.26. The van der Waals surface area contributed by atoms with Gasteiger partial charge in [-0.25, -0.2) is 4.98 Å². The first-order valence-electron chi connectivity index (χ1n) is 7.06. The molecule has 5 nitrogen and oxygen atoms in total. The van der Waals surface area contributed by atoms with Gasteiger partial charge in [-0.3, -0.25) is 9.59 Å². The van der Waals surface area contributed by atoms with Gasteiger partial charge in [-0.15, -0.1) is 11.3 Å². The van der Waals surface area contributed by atoms with Gasteiger partial charge in [0, 0.05) is 11.1 Å². The lowest BCUT2D eigenvalue weighted by molar-refractivity contribution is -0.157. The highest BCUT2D eigenvalue weighted by molar-refractivity contribution is 7.09. The number of carbonyl (C=O) groups is 2. The highest BCUT2D eigenvalue weighted by atomic mass is 32.1. The monoisotopic (exact) mass is 293 g/mol. The van der Waals surface area contributed by atoms with Crippen LogP contribution in [-0.2, 0) is 16.1 Å². The third kappa shape index (κ3) is 2.02. The molecule has 1 aromatic heterocycles. The van der Waals surface area contributed by atoms with E-state index in [4.69, 9.17) is 0 Å². The molecule has 0 aromatic carbocycles. The van der Waals surface area contributed by atoms with Gasteiger partial charge in [-0.05, 0) is 26.7 Å². The summed E-state index contributed by atoms with van der Waals surface area (Å²) in [5.74, 6) is 0.0229. The Bertz CT molecular complexity index is 548. The van der Waals surface area contributed by atoms with Gasteiger partial charge < -0.3 is 10.2 Å². The Hall–Kier alpha value is -1.43. The van der Waals surface area contributed by atoms with Crippen LogP contribution in [0.5, 0.6) is 0 Å². The van der Waals surface area contributed by atoms with E-state index in [9.17, 15) is 9.59 Å². The SMILES string of the molecule is Cc1csc(CN2C(=O)C(C)NC(=O)C23CCCC3)n1. The summed E-state index contributed by atoms with van der Waals surface area (Å²) in [7, 11) is 0. The Kier molecular flexibility index (Phi) is 3.28. The third-order valence-corrected chi connectivity index (χ3v) is 5.27. The quantitative estimate of drug-likeness (QED) is 0.901. The van der Waals surface area contributed by atoms with Crippen LogP contribution in [0.25, 0.3) is 0 Å². The van der Waals surface area contributed by atoms with Crippen molar-refractivity contribution in [1.29, 1.82) is 0 Å². The van der Waals surface area contributed by atoms with Crippen molar-refractivity contribution >= 4 is 23.2 Å². The number of amides is 2. The number of aryl methyl sites for hydroxylation is 1. The van der Waals surface area contributed by atoms with Crippen LogP contribution in [0.1, 0.15) is 43.3 Å². The Morgan fingerprint density at radius 2 is 2.15 bits per heavy atom. The van der Waals surface area contributed by atoms with Crippen molar-refractivity contribution in [1.82, 2.24) is 15.2 Å². The Morgan fingerprint density at radius 1 is 1.45 bits per heavy atom. The second-order valence-corrected chi connectivity index (χ2v) is 6.68. The number of thiazole rings is 1. The van der Waals surface area contributed by atoms with Gasteiger partial charge in [0.05, 0.1) is 6.54 Å². The van der Waals surface area contributed by atoms with E-state index in [0.717, 1.165) is 36.4 Å². The van der Waals surface area contributed by atoms with Gasteiger partial charge in [0.15, 0.2) is 0 Å². The first kappa shape index (κ1) is 13.5. The molecule has 2 amide bonds. The number of nitrogens with zero attached hydrogens (tertiary/aromatic N) is 2. The minimum atomic E-state index is -0.636. The van der Waals surface area contributed by atoms with Crippen molar-refractivity contribution in [3.8, 4) is 0 Å². The Labute approximate surface area is 122 Å². The Balaban J connectivity index is 1.93. The molecule has 1 saturated carbocycles.